The summed E-state index contributed by atoms with van der Waals surface area (Å²) < 4.78 is 0. The largest absolute Gasteiger partial charge is 0.0800 e. The molecular weight excluding hydrogens is 460 g/mol. The Morgan fingerprint density at radius 2 is 0.865 bits per heavy atom. The Labute approximate surface area is 227 Å². The quantitative estimate of drug-likeness (QED) is 0.210. The van der Waals surface area contributed by atoms with Gasteiger partial charge in [-0.2, -0.15) is 0 Å². The first-order valence-corrected chi connectivity index (χ1v) is 16.9. The van der Waals surface area contributed by atoms with E-state index in [2.05, 4.69) is 135 Å². The fraction of sp³-hybridized carbons (Fsp3) is 0.389. The first-order valence-electron chi connectivity index (χ1n) is 14.2. The molecule has 0 N–H and O–H groups in total. The van der Waals surface area contributed by atoms with E-state index in [1.807, 2.05) is 0 Å². The van der Waals surface area contributed by atoms with Gasteiger partial charge < -0.3 is 0 Å². The van der Waals surface area contributed by atoms with Crippen molar-refractivity contribution in [3.05, 3.63) is 128 Å². The van der Waals surface area contributed by atoms with Crippen molar-refractivity contribution in [2.45, 2.75) is 91.4 Å². The van der Waals surface area contributed by atoms with Crippen LogP contribution in [0.2, 0.25) is 23.7 Å². The van der Waals surface area contributed by atoms with Crippen LogP contribution in [-0.4, -0.2) is 8.07 Å². The van der Waals surface area contributed by atoms with Gasteiger partial charge in [-0.1, -0.05) is 145 Å². The van der Waals surface area contributed by atoms with E-state index in [4.69, 9.17) is 0 Å². The van der Waals surface area contributed by atoms with Crippen molar-refractivity contribution in [1.82, 2.24) is 0 Å². The molecule has 1 unspecified atom stereocenters. The highest BCUT2D eigenvalue weighted by Gasteiger charge is 2.44. The molecule has 0 amide bonds. The molecule has 1 atom stereocenters. The SMILES string of the molecule is CC[Si](CC)(CC)C1C=CC(C(c2cc(C)cc(C)c2)(c2cc(C)cc(C)c2)c2cc(C)cc(C)c2)=C1. The van der Waals surface area contributed by atoms with Gasteiger partial charge in [-0.15, -0.1) is 0 Å². The molecule has 0 nitrogen and oxygen atoms in total. The number of rotatable bonds is 8. The summed E-state index contributed by atoms with van der Waals surface area (Å²) in [7, 11) is -1.44. The lowest BCUT2D eigenvalue weighted by molar-refractivity contribution is 0.738. The van der Waals surface area contributed by atoms with Crippen LogP contribution in [0.25, 0.3) is 0 Å². The van der Waals surface area contributed by atoms with Crippen LogP contribution in [-0.2, 0) is 5.41 Å². The Morgan fingerprint density at radius 1 is 0.541 bits per heavy atom. The molecule has 0 aliphatic heterocycles. The van der Waals surface area contributed by atoms with Crippen LogP contribution in [0.15, 0.2) is 78.4 Å². The van der Waals surface area contributed by atoms with Crippen molar-refractivity contribution in [1.29, 1.82) is 0 Å². The Kier molecular flexibility index (Phi) is 7.86. The Balaban J connectivity index is 2.16. The Morgan fingerprint density at radius 3 is 1.16 bits per heavy atom. The summed E-state index contributed by atoms with van der Waals surface area (Å²) in [5, 5.41) is 0. The van der Waals surface area contributed by atoms with E-state index < -0.39 is 8.07 Å². The zero-order valence-corrected chi connectivity index (χ0v) is 25.6. The molecule has 4 rings (SSSR count). The van der Waals surface area contributed by atoms with Crippen molar-refractivity contribution in [3.8, 4) is 0 Å². The van der Waals surface area contributed by atoms with Crippen molar-refractivity contribution in [2.75, 3.05) is 0 Å². The van der Waals surface area contributed by atoms with Gasteiger partial charge >= 0.3 is 0 Å². The highest BCUT2D eigenvalue weighted by atomic mass is 28.3. The van der Waals surface area contributed by atoms with Gasteiger partial charge in [-0.25, -0.2) is 0 Å². The smallest absolute Gasteiger partial charge is 0.0699 e. The maximum Gasteiger partial charge on any atom is 0.0699 e. The fourth-order valence-electron chi connectivity index (χ4n) is 7.17. The minimum atomic E-state index is -1.44. The first-order chi connectivity index (χ1) is 17.6. The van der Waals surface area contributed by atoms with E-state index in [0.717, 1.165) is 0 Å². The van der Waals surface area contributed by atoms with Crippen LogP contribution in [0, 0.1) is 41.5 Å². The van der Waals surface area contributed by atoms with Crippen molar-refractivity contribution in [3.63, 3.8) is 0 Å². The summed E-state index contributed by atoms with van der Waals surface area (Å²) in [5.74, 6) is 0. The van der Waals surface area contributed by atoms with Crippen molar-refractivity contribution >= 4 is 8.07 Å². The lowest BCUT2D eigenvalue weighted by Crippen LogP contribution is -2.36. The number of hydrogen-bond acceptors (Lipinski definition) is 0. The highest BCUT2D eigenvalue weighted by molar-refractivity contribution is 6.82. The van der Waals surface area contributed by atoms with Gasteiger partial charge in [0, 0.05) is 0 Å². The lowest BCUT2D eigenvalue weighted by atomic mass is 9.63. The van der Waals surface area contributed by atoms with Crippen LogP contribution in [0.3, 0.4) is 0 Å². The third kappa shape index (κ3) is 4.96. The second-order valence-corrected chi connectivity index (χ2v) is 17.3. The maximum absolute atomic E-state index is 2.69. The van der Waals surface area contributed by atoms with Gasteiger partial charge in [0.2, 0.25) is 0 Å². The second kappa shape index (κ2) is 10.6. The Hall–Kier alpha value is -2.64. The molecule has 37 heavy (non-hydrogen) atoms. The second-order valence-electron chi connectivity index (χ2n) is 11.8. The molecule has 0 saturated heterocycles. The van der Waals surface area contributed by atoms with E-state index in [-0.39, 0.29) is 5.41 Å². The molecule has 0 spiro atoms. The van der Waals surface area contributed by atoms with Gasteiger partial charge in [0.25, 0.3) is 0 Å². The molecule has 1 aliphatic carbocycles. The molecule has 0 aromatic heterocycles. The molecule has 0 bridgehead atoms. The normalized spacial score (nSPS) is 15.8. The molecule has 3 aromatic carbocycles. The van der Waals surface area contributed by atoms with Gasteiger partial charge in [0.05, 0.1) is 13.5 Å². The fourth-order valence-corrected chi connectivity index (χ4v) is 11.1. The summed E-state index contributed by atoms with van der Waals surface area (Å²) >= 11 is 0. The number of benzene rings is 3. The number of allylic oxidation sites excluding steroid dienone is 4. The molecule has 1 aliphatic rings. The monoisotopic (exact) mass is 506 g/mol. The van der Waals surface area contributed by atoms with Gasteiger partial charge in [-0.3, -0.25) is 0 Å². The van der Waals surface area contributed by atoms with Crippen LogP contribution < -0.4 is 0 Å². The maximum atomic E-state index is 2.69. The van der Waals surface area contributed by atoms with E-state index in [0.29, 0.717) is 5.54 Å². The third-order valence-corrected chi connectivity index (χ3v) is 15.1. The topological polar surface area (TPSA) is 0 Å². The van der Waals surface area contributed by atoms with E-state index >= 15 is 0 Å². The summed E-state index contributed by atoms with van der Waals surface area (Å²) in [6.07, 6.45) is 7.76. The summed E-state index contributed by atoms with van der Waals surface area (Å²) in [5.41, 5.74) is 13.8. The zero-order chi connectivity index (χ0) is 27.0. The first kappa shape index (κ1) is 27.4. The van der Waals surface area contributed by atoms with Crippen molar-refractivity contribution < 1.29 is 0 Å². The van der Waals surface area contributed by atoms with Gasteiger partial charge in [0.15, 0.2) is 0 Å². The van der Waals surface area contributed by atoms with Crippen LogP contribution >= 0.6 is 0 Å². The number of aryl methyl sites for hydroxylation is 6. The van der Waals surface area contributed by atoms with Gasteiger partial charge in [0.1, 0.15) is 0 Å². The molecular formula is C36H46Si. The van der Waals surface area contributed by atoms with Crippen LogP contribution in [0.1, 0.15) is 70.8 Å². The average Bonchev–Trinajstić information content (AvgIpc) is 3.30. The predicted octanol–water partition coefficient (Wildman–Crippen LogP) is 10.2. The average molecular weight is 507 g/mol. The minimum absolute atomic E-state index is 0.356. The Bertz CT molecular complexity index is 1150. The lowest BCUT2D eigenvalue weighted by Gasteiger charge is -2.39. The van der Waals surface area contributed by atoms with E-state index in [1.54, 1.807) is 0 Å². The molecule has 0 heterocycles. The highest BCUT2D eigenvalue weighted by Crippen LogP contribution is 2.51. The standard InChI is InChI=1S/C36H46Si/c1-10-37(11-2,12-3)35-14-13-31(24-35)36(32-18-25(4)15-26(5)19-32,33-20-27(6)16-28(7)21-33)34-22-29(8)17-30(9)23-34/h13-24,35H,10-12H2,1-9H3. The van der Waals surface area contributed by atoms with Crippen LogP contribution in [0.5, 0.6) is 0 Å². The van der Waals surface area contributed by atoms with E-state index in [9.17, 15) is 0 Å². The molecule has 1 heteroatoms. The molecule has 194 valence electrons. The zero-order valence-electron chi connectivity index (χ0n) is 24.6. The molecule has 0 fully saturated rings. The minimum Gasteiger partial charge on any atom is -0.0800 e. The van der Waals surface area contributed by atoms with E-state index in [1.165, 1.54) is 73.8 Å². The van der Waals surface area contributed by atoms with Gasteiger partial charge in [-0.05, 0) is 69.3 Å². The summed E-state index contributed by atoms with van der Waals surface area (Å²) in [4.78, 5) is 0. The molecule has 3 aromatic rings. The van der Waals surface area contributed by atoms with Crippen molar-refractivity contribution in [2.24, 2.45) is 0 Å². The third-order valence-electron chi connectivity index (χ3n) is 9.06. The molecule has 0 radical (unpaired) electrons. The number of hydrogen-bond donors (Lipinski definition) is 0. The predicted molar refractivity (Wildman–Crippen MR) is 166 cm³/mol. The van der Waals surface area contributed by atoms with Crippen LogP contribution in [0.4, 0.5) is 0 Å². The summed E-state index contributed by atoms with van der Waals surface area (Å²) in [6.45, 7) is 20.8. The summed E-state index contributed by atoms with van der Waals surface area (Å²) in [6, 6.07) is 25.6. The molecule has 0 saturated carbocycles.